The molecular weight excluding hydrogens is 554 g/mol. The van der Waals surface area contributed by atoms with Gasteiger partial charge in [0, 0.05) is 14.2 Å². The zero-order chi connectivity index (χ0) is 30.2. The minimum Gasteiger partial charge on any atom is -0.492 e. The van der Waals surface area contributed by atoms with Crippen molar-refractivity contribution in [2.24, 2.45) is 0 Å². The Kier molecular flexibility index (Phi) is 9.88. The van der Waals surface area contributed by atoms with Crippen LogP contribution < -0.4 is 9.64 Å². The monoisotopic (exact) mass is 589 g/mol. The molecule has 0 saturated carbocycles. The van der Waals surface area contributed by atoms with Crippen LogP contribution in [-0.2, 0) is 25.4 Å². The quantitative estimate of drug-likeness (QED) is 0.216. The zero-order valence-electron chi connectivity index (χ0n) is 24.1. The number of aliphatic hydroxyl groups excluding tert-OH is 1. The van der Waals surface area contributed by atoms with Gasteiger partial charge in [-0.05, 0) is 41.8 Å². The highest BCUT2D eigenvalue weighted by Gasteiger charge is 2.43. The number of anilines is 1. The predicted molar refractivity (Wildman–Crippen MR) is 158 cm³/mol. The van der Waals surface area contributed by atoms with Crippen molar-refractivity contribution in [3.63, 3.8) is 0 Å². The fraction of sp³-hybridized carbons (Fsp3) is 0.344. The second-order valence-electron chi connectivity index (χ2n) is 10.2. The number of amides is 2. The fourth-order valence-corrected chi connectivity index (χ4v) is 4.82. The van der Waals surface area contributed by atoms with Crippen LogP contribution in [0.25, 0.3) is 11.1 Å². The lowest BCUT2D eigenvalue weighted by Crippen LogP contribution is -2.48. The number of imide groups is 1. The molecule has 0 aliphatic carbocycles. The summed E-state index contributed by atoms with van der Waals surface area (Å²) in [6.45, 7) is 1.20. The average molecular weight is 590 g/mol. The molecule has 2 amide bonds. The van der Waals surface area contributed by atoms with Crippen LogP contribution in [-0.4, -0.2) is 86.3 Å². The third-order valence-corrected chi connectivity index (χ3v) is 7.15. The average Bonchev–Trinajstić information content (AvgIpc) is 3.63. The molecule has 1 fully saturated rings. The second-order valence-corrected chi connectivity index (χ2v) is 10.2. The van der Waals surface area contributed by atoms with Crippen LogP contribution in [0, 0.1) is 0 Å². The van der Waals surface area contributed by atoms with Gasteiger partial charge in [-0.3, -0.25) is 4.79 Å². The molecule has 4 aromatic rings. The Hall–Kier alpha value is -4.45. The van der Waals surface area contributed by atoms with Crippen LogP contribution in [0.1, 0.15) is 17.2 Å². The molecule has 1 aliphatic heterocycles. The van der Waals surface area contributed by atoms with Crippen LogP contribution in [0.15, 0.2) is 83.3 Å². The lowest BCUT2D eigenvalue weighted by atomic mass is 10.0. The zero-order valence-corrected chi connectivity index (χ0v) is 24.1. The van der Waals surface area contributed by atoms with Gasteiger partial charge in [0.1, 0.15) is 30.6 Å². The van der Waals surface area contributed by atoms with Crippen LogP contribution in [0.2, 0.25) is 0 Å². The van der Waals surface area contributed by atoms with Crippen molar-refractivity contribution >= 4 is 29.1 Å². The minimum absolute atomic E-state index is 0.0466. The summed E-state index contributed by atoms with van der Waals surface area (Å²) in [5.41, 5.74) is 2.89. The first-order chi connectivity index (χ1) is 20.9. The van der Waals surface area contributed by atoms with E-state index in [9.17, 15) is 14.7 Å². The highest BCUT2D eigenvalue weighted by Crippen LogP contribution is 2.27. The van der Waals surface area contributed by atoms with Crippen molar-refractivity contribution in [3.05, 3.63) is 90.0 Å². The van der Waals surface area contributed by atoms with Gasteiger partial charge < -0.3 is 33.4 Å². The molecule has 2 unspecified atom stereocenters. The smallest absolute Gasteiger partial charge is 0.417 e. The Morgan fingerprint density at radius 1 is 1.05 bits per heavy atom. The number of cyclic esters (lactones) is 1. The molecule has 0 bridgehead atoms. The summed E-state index contributed by atoms with van der Waals surface area (Å²) in [7, 11) is 3.38. The number of nitrogens with zero attached hydrogens (tertiary/aromatic N) is 3. The van der Waals surface area contributed by atoms with Gasteiger partial charge in [-0.25, -0.2) is 9.69 Å². The molecule has 11 heteroatoms. The largest absolute Gasteiger partial charge is 0.492 e. The Morgan fingerprint density at radius 3 is 2.53 bits per heavy atom. The first-order valence-electron chi connectivity index (χ1n) is 14.1. The normalized spacial score (nSPS) is 16.2. The van der Waals surface area contributed by atoms with E-state index in [0.717, 1.165) is 21.6 Å². The second kappa shape index (κ2) is 14.1. The van der Waals surface area contributed by atoms with Gasteiger partial charge in [0.25, 0.3) is 11.9 Å². The molecule has 43 heavy (non-hydrogen) atoms. The van der Waals surface area contributed by atoms with E-state index in [4.69, 9.17) is 23.4 Å². The molecule has 5 rings (SSSR count). The SMILES string of the molecule is COCCOC(C(=O)N1C(=O)OC[C@@H]1Cc1ccccc1)C(O)c1ccc(OCCN(C)c2nc3ccccc3o2)cc1. The van der Waals surface area contributed by atoms with Crippen molar-refractivity contribution in [2.75, 3.05) is 52.0 Å². The molecule has 3 aromatic carbocycles. The highest BCUT2D eigenvalue weighted by atomic mass is 16.6. The molecule has 3 atom stereocenters. The molecule has 1 N–H and O–H groups in total. The van der Waals surface area contributed by atoms with E-state index < -0.39 is 30.3 Å². The van der Waals surface area contributed by atoms with Crippen LogP contribution in [0.3, 0.4) is 0 Å². The van der Waals surface area contributed by atoms with Gasteiger partial charge in [-0.1, -0.05) is 54.6 Å². The molecule has 2 heterocycles. The third kappa shape index (κ3) is 7.31. The third-order valence-electron chi connectivity index (χ3n) is 7.15. The standard InChI is InChI=1S/C32H35N3O8/c1-34(31-33-26-10-6-7-11-27(26)43-31)16-17-40-25-14-12-23(13-15-25)28(36)29(41-19-18-39-2)30(37)35-24(21-42-32(35)38)20-22-8-4-3-5-9-22/h3-15,24,28-29,36H,16-21H2,1-2H3/t24-,28?,29?/m0/s1. The van der Waals surface area contributed by atoms with E-state index in [1.54, 1.807) is 24.3 Å². The van der Waals surface area contributed by atoms with Crippen molar-refractivity contribution in [3.8, 4) is 5.75 Å². The lowest BCUT2D eigenvalue weighted by molar-refractivity contribution is -0.151. The maximum Gasteiger partial charge on any atom is 0.417 e. The first-order valence-corrected chi connectivity index (χ1v) is 14.1. The van der Waals surface area contributed by atoms with E-state index >= 15 is 0 Å². The van der Waals surface area contributed by atoms with Crippen molar-refractivity contribution in [1.82, 2.24) is 9.88 Å². The van der Waals surface area contributed by atoms with Gasteiger partial charge in [-0.15, -0.1) is 0 Å². The molecule has 1 aromatic heterocycles. The number of benzene rings is 3. The Labute approximate surface area is 249 Å². The Morgan fingerprint density at radius 2 is 1.79 bits per heavy atom. The predicted octanol–water partition coefficient (Wildman–Crippen LogP) is 4.00. The minimum atomic E-state index is -1.35. The molecule has 1 saturated heterocycles. The van der Waals surface area contributed by atoms with E-state index in [0.29, 0.717) is 36.9 Å². The van der Waals surface area contributed by atoms with Crippen molar-refractivity contribution < 1.29 is 38.1 Å². The number of rotatable bonds is 14. The number of hydrogen-bond acceptors (Lipinski definition) is 10. The number of aliphatic hydroxyl groups is 1. The molecular formula is C32H35N3O8. The number of carbonyl (C=O) groups is 2. The van der Waals surface area contributed by atoms with Gasteiger partial charge in [-0.2, -0.15) is 4.98 Å². The Balaban J connectivity index is 1.22. The summed E-state index contributed by atoms with van der Waals surface area (Å²) < 4.78 is 27.7. The molecule has 0 radical (unpaired) electrons. The summed E-state index contributed by atoms with van der Waals surface area (Å²) in [5.74, 6) is -0.0919. The summed E-state index contributed by atoms with van der Waals surface area (Å²) in [4.78, 5) is 33.7. The van der Waals surface area contributed by atoms with E-state index in [-0.39, 0.29) is 19.8 Å². The van der Waals surface area contributed by atoms with Crippen molar-refractivity contribution in [1.29, 1.82) is 0 Å². The number of para-hydroxylation sites is 2. The molecule has 11 nitrogen and oxygen atoms in total. The molecule has 1 aliphatic rings. The summed E-state index contributed by atoms with van der Waals surface area (Å²) in [5, 5.41) is 11.3. The van der Waals surface area contributed by atoms with Gasteiger partial charge in [0.05, 0.1) is 25.8 Å². The highest BCUT2D eigenvalue weighted by molar-refractivity contribution is 5.96. The van der Waals surface area contributed by atoms with E-state index in [1.165, 1.54) is 7.11 Å². The number of likely N-dealkylation sites (N-methyl/N-ethyl adjacent to an activating group) is 1. The van der Waals surface area contributed by atoms with E-state index in [2.05, 4.69) is 4.98 Å². The summed E-state index contributed by atoms with van der Waals surface area (Å²) in [6, 6.07) is 23.8. The van der Waals surface area contributed by atoms with Crippen LogP contribution in [0.4, 0.5) is 10.8 Å². The fourth-order valence-electron chi connectivity index (χ4n) is 4.82. The molecule has 226 valence electrons. The number of ether oxygens (including phenoxy) is 4. The maximum absolute atomic E-state index is 13.7. The maximum atomic E-state index is 13.7. The topological polar surface area (TPSA) is 124 Å². The van der Waals surface area contributed by atoms with Crippen LogP contribution in [0.5, 0.6) is 5.75 Å². The van der Waals surface area contributed by atoms with E-state index in [1.807, 2.05) is 66.5 Å². The van der Waals surface area contributed by atoms with Gasteiger partial charge >= 0.3 is 6.09 Å². The molecule has 0 spiro atoms. The van der Waals surface area contributed by atoms with Crippen molar-refractivity contribution in [2.45, 2.75) is 24.7 Å². The van der Waals surface area contributed by atoms with Crippen LogP contribution >= 0.6 is 0 Å². The number of carbonyl (C=O) groups excluding carboxylic acids is 2. The number of oxazole rings is 1. The van der Waals surface area contributed by atoms with Gasteiger partial charge in [0.15, 0.2) is 11.7 Å². The number of methoxy groups -OCH3 is 1. The Bertz CT molecular complexity index is 1460. The lowest BCUT2D eigenvalue weighted by Gasteiger charge is -2.28. The number of aromatic nitrogens is 1. The summed E-state index contributed by atoms with van der Waals surface area (Å²) in [6.07, 6.45) is -3.04. The number of fused-ring (bicyclic) bond motifs is 1. The first kappa shape index (κ1) is 30.0. The summed E-state index contributed by atoms with van der Waals surface area (Å²) >= 11 is 0. The van der Waals surface area contributed by atoms with Gasteiger partial charge in [0.2, 0.25) is 0 Å². The number of hydrogen-bond donors (Lipinski definition) is 1.